The summed E-state index contributed by atoms with van der Waals surface area (Å²) < 4.78 is 0. The molecule has 5 atom stereocenters. The largest absolute Gasteiger partial charge is 0.0625 e. The number of rotatable bonds is 0. The van der Waals surface area contributed by atoms with Gasteiger partial charge in [-0.3, -0.25) is 0 Å². The van der Waals surface area contributed by atoms with Crippen LogP contribution in [0.5, 0.6) is 0 Å². The van der Waals surface area contributed by atoms with E-state index in [9.17, 15) is 0 Å². The van der Waals surface area contributed by atoms with Gasteiger partial charge in [-0.1, -0.05) is 27.2 Å². The van der Waals surface area contributed by atoms with E-state index >= 15 is 0 Å². The highest BCUT2D eigenvalue weighted by molar-refractivity contribution is 5.06. The fourth-order valence-electron chi connectivity index (χ4n) is 4.87. The van der Waals surface area contributed by atoms with Crippen LogP contribution in [0.1, 0.15) is 52.9 Å². The van der Waals surface area contributed by atoms with Gasteiger partial charge in [-0.15, -0.1) is 0 Å². The zero-order valence-electron chi connectivity index (χ0n) is 9.92. The molecule has 4 fully saturated rings. The quantitative estimate of drug-likeness (QED) is 0.542. The lowest BCUT2D eigenvalue weighted by atomic mass is 9.41. The molecule has 0 radical (unpaired) electrons. The van der Waals surface area contributed by atoms with Crippen LogP contribution in [0.15, 0.2) is 0 Å². The van der Waals surface area contributed by atoms with E-state index in [2.05, 4.69) is 20.8 Å². The predicted octanol–water partition coefficient (Wildman–Crippen LogP) is 4.10. The topological polar surface area (TPSA) is 0 Å². The molecule has 0 aromatic carbocycles. The first-order valence-corrected chi connectivity index (χ1v) is 6.59. The molecule has 0 heterocycles. The zero-order valence-corrected chi connectivity index (χ0v) is 9.92. The van der Waals surface area contributed by atoms with E-state index in [0.717, 1.165) is 29.6 Å². The average molecular weight is 192 g/mol. The molecule has 2 bridgehead atoms. The minimum Gasteiger partial charge on any atom is -0.0625 e. The monoisotopic (exact) mass is 192 g/mol. The zero-order chi connectivity index (χ0) is 9.92. The highest BCUT2D eigenvalue weighted by atomic mass is 14.6. The molecule has 14 heavy (non-hydrogen) atoms. The second kappa shape index (κ2) is 2.77. The minimum atomic E-state index is 0.710. The van der Waals surface area contributed by atoms with Gasteiger partial charge < -0.3 is 0 Å². The van der Waals surface area contributed by atoms with Crippen LogP contribution >= 0.6 is 0 Å². The van der Waals surface area contributed by atoms with Gasteiger partial charge in [0.15, 0.2) is 0 Å². The van der Waals surface area contributed by atoms with Gasteiger partial charge in [0.1, 0.15) is 0 Å². The predicted molar refractivity (Wildman–Crippen MR) is 60.0 cm³/mol. The summed E-state index contributed by atoms with van der Waals surface area (Å²) in [5, 5.41) is 0. The molecule has 0 aromatic heterocycles. The third kappa shape index (κ3) is 1.06. The second-order valence-electron chi connectivity index (χ2n) is 6.94. The minimum absolute atomic E-state index is 0.710. The molecule has 0 aromatic rings. The smallest absolute Gasteiger partial charge is 0.0295 e. The Morgan fingerprint density at radius 2 is 1.79 bits per heavy atom. The van der Waals surface area contributed by atoms with Crippen molar-refractivity contribution < 1.29 is 0 Å². The maximum atomic E-state index is 2.53. The second-order valence-corrected chi connectivity index (χ2v) is 6.94. The summed E-state index contributed by atoms with van der Waals surface area (Å²) in [4.78, 5) is 0. The number of hydrogen-bond acceptors (Lipinski definition) is 0. The van der Waals surface area contributed by atoms with Gasteiger partial charge in [-0.25, -0.2) is 0 Å². The van der Waals surface area contributed by atoms with Crippen LogP contribution in [0.4, 0.5) is 0 Å². The summed E-state index contributed by atoms with van der Waals surface area (Å²) >= 11 is 0. The lowest BCUT2D eigenvalue weighted by molar-refractivity contribution is -0.149. The molecule has 4 aliphatic rings. The van der Waals surface area contributed by atoms with Crippen molar-refractivity contribution in [3.63, 3.8) is 0 Å². The van der Waals surface area contributed by atoms with Gasteiger partial charge in [-0.05, 0) is 60.7 Å². The summed E-state index contributed by atoms with van der Waals surface area (Å²) in [7, 11) is 0. The fraction of sp³-hybridized carbons (Fsp3) is 1.00. The molecule has 0 spiro atoms. The molecule has 4 aliphatic carbocycles. The SMILES string of the molecule is CC1CCC2C(C1)CC1C[C@H]2C1(C)C. The first-order chi connectivity index (χ1) is 6.59. The van der Waals surface area contributed by atoms with Crippen LogP contribution in [0.3, 0.4) is 0 Å². The first-order valence-electron chi connectivity index (χ1n) is 6.59. The molecule has 0 aliphatic heterocycles. The normalized spacial score (nSPS) is 54.6. The lowest BCUT2D eigenvalue weighted by Crippen LogP contribution is -2.56. The summed E-state index contributed by atoms with van der Waals surface area (Å²) in [5.74, 6) is 5.44. The van der Waals surface area contributed by atoms with Crippen molar-refractivity contribution in [2.45, 2.75) is 52.9 Å². The van der Waals surface area contributed by atoms with E-state index in [-0.39, 0.29) is 0 Å². The molecule has 0 saturated heterocycles. The molecule has 80 valence electrons. The molecule has 0 nitrogen and oxygen atoms in total. The maximum absolute atomic E-state index is 2.53. The van der Waals surface area contributed by atoms with Crippen LogP contribution in [-0.4, -0.2) is 0 Å². The van der Waals surface area contributed by atoms with E-state index < -0.39 is 0 Å². The van der Waals surface area contributed by atoms with Gasteiger partial charge in [-0.2, -0.15) is 0 Å². The molecular weight excluding hydrogens is 168 g/mol. The van der Waals surface area contributed by atoms with Crippen molar-refractivity contribution in [2.24, 2.45) is 35.0 Å². The Balaban J connectivity index is 1.79. The Kier molecular flexibility index (Phi) is 1.83. The Bertz CT molecular complexity index is 240. The Labute approximate surface area is 88.5 Å². The molecule has 4 saturated carbocycles. The van der Waals surface area contributed by atoms with Crippen molar-refractivity contribution in [2.75, 3.05) is 0 Å². The van der Waals surface area contributed by atoms with Crippen molar-refractivity contribution in [3.8, 4) is 0 Å². The Hall–Kier alpha value is 0. The first kappa shape index (κ1) is 9.24. The molecule has 0 heteroatoms. The average Bonchev–Trinajstić information content (AvgIpc) is 2.16. The third-order valence-corrected chi connectivity index (χ3v) is 5.95. The van der Waals surface area contributed by atoms with Crippen molar-refractivity contribution in [1.82, 2.24) is 0 Å². The van der Waals surface area contributed by atoms with Crippen LogP contribution in [0, 0.1) is 35.0 Å². The van der Waals surface area contributed by atoms with E-state index in [1.165, 1.54) is 6.42 Å². The van der Waals surface area contributed by atoms with Gasteiger partial charge >= 0.3 is 0 Å². The summed E-state index contributed by atoms with van der Waals surface area (Å²) in [6, 6.07) is 0. The van der Waals surface area contributed by atoms with Crippen LogP contribution in [0.25, 0.3) is 0 Å². The lowest BCUT2D eigenvalue weighted by Gasteiger charge is -2.64. The molecule has 4 unspecified atom stereocenters. The van der Waals surface area contributed by atoms with Gasteiger partial charge in [0.2, 0.25) is 0 Å². The van der Waals surface area contributed by atoms with Gasteiger partial charge in [0.25, 0.3) is 0 Å². The van der Waals surface area contributed by atoms with Crippen LogP contribution in [-0.2, 0) is 0 Å². The van der Waals surface area contributed by atoms with E-state index in [4.69, 9.17) is 0 Å². The van der Waals surface area contributed by atoms with Crippen molar-refractivity contribution in [3.05, 3.63) is 0 Å². The van der Waals surface area contributed by atoms with Crippen LogP contribution in [0.2, 0.25) is 0 Å². The van der Waals surface area contributed by atoms with E-state index in [0.29, 0.717) is 5.41 Å². The maximum Gasteiger partial charge on any atom is -0.0295 e. The Morgan fingerprint density at radius 1 is 1.00 bits per heavy atom. The van der Waals surface area contributed by atoms with E-state index in [1.54, 1.807) is 25.7 Å². The summed E-state index contributed by atoms with van der Waals surface area (Å²) in [6.45, 7) is 7.52. The summed E-state index contributed by atoms with van der Waals surface area (Å²) in [5.41, 5.74) is 0.710. The fourth-order valence-corrected chi connectivity index (χ4v) is 4.87. The van der Waals surface area contributed by atoms with E-state index in [1.807, 2.05) is 0 Å². The van der Waals surface area contributed by atoms with Gasteiger partial charge in [0, 0.05) is 0 Å². The van der Waals surface area contributed by atoms with Crippen molar-refractivity contribution >= 4 is 0 Å². The standard InChI is InChI=1S/C14H24/c1-9-4-5-12-10(6-9)7-11-8-13(12)14(11,2)3/h9-13H,4-8H2,1-3H3/t9?,10?,11?,12?,13-/m1/s1. The Morgan fingerprint density at radius 3 is 2.50 bits per heavy atom. The molecule has 4 rings (SSSR count). The molecular formula is C14H24. The highest BCUT2D eigenvalue weighted by Crippen LogP contribution is 2.65. The third-order valence-electron chi connectivity index (χ3n) is 5.95. The van der Waals surface area contributed by atoms with Gasteiger partial charge in [0.05, 0.1) is 0 Å². The highest BCUT2D eigenvalue weighted by Gasteiger charge is 2.57. The van der Waals surface area contributed by atoms with Crippen LogP contribution < -0.4 is 0 Å². The van der Waals surface area contributed by atoms with Crippen molar-refractivity contribution in [1.29, 1.82) is 0 Å². The number of hydrogen-bond donors (Lipinski definition) is 0. The molecule has 0 N–H and O–H groups in total. The molecule has 0 amide bonds. The summed E-state index contributed by atoms with van der Waals surface area (Å²) in [6.07, 6.45) is 7.75.